The Morgan fingerprint density at radius 3 is 2.78 bits per heavy atom. The number of carbonyl (C=O) groups excluding carboxylic acids is 2. The largest absolute Gasteiger partial charge is 0.453 e. The maximum Gasteiger partial charge on any atom is 0.409 e. The molecule has 1 aromatic carbocycles. The Kier molecular flexibility index (Phi) is 6.82. The number of carbonyl (C=O) groups is 2. The second kappa shape index (κ2) is 10.3. The molecule has 1 aliphatic heterocycles. The Labute approximate surface area is 213 Å². The normalized spacial score (nSPS) is 13.5. The summed E-state index contributed by atoms with van der Waals surface area (Å²) in [6.07, 6.45) is 4.82. The first-order valence-corrected chi connectivity index (χ1v) is 12.0. The summed E-state index contributed by atoms with van der Waals surface area (Å²) < 4.78 is 11.6. The van der Waals surface area contributed by atoms with E-state index < -0.39 is 0 Å². The first-order valence-electron chi connectivity index (χ1n) is 12.0. The predicted octanol–water partition coefficient (Wildman–Crippen LogP) is 2.75. The highest BCUT2D eigenvalue weighted by Crippen LogP contribution is 2.26. The van der Waals surface area contributed by atoms with Crippen LogP contribution in [0.4, 0.5) is 10.5 Å². The average Bonchev–Trinajstić information content (AvgIpc) is 3.52. The van der Waals surface area contributed by atoms with Crippen molar-refractivity contribution in [3.05, 3.63) is 59.4 Å². The van der Waals surface area contributed by atoms with E-state index in [1.807, 2.05) is 43.5 Å². The minimum absolute atomic E-state index is 0.0556. The SMILES string of the molecule is COCCCc1ccn2ncc(C(=O)Nc3cc(-c4nnn(C5CN(C(=O)OC)C5)n4)ccc3C)c2c1. The third-order valence-corrected chi connectivity index (χ3v) is 6.44. The molecule has 1 N–H and O–H groups in total. The second-order valence-electron chi connectivity index (χ2n) is 8.97. The maximum absolute atomic E-state index is 13.2. The summed E-state index contributed by atoms with van der Waals surface area (Å²) in [5, 5.41) is 20.1. The van der Waals surface area contributed by atoms with Crippen LogP contribution < -0.4 is 5.32 Å². The number of nitrogens with one attached hydrogen (secondary N) is 1. The van der Waals surface area contributed by atoms with Gasteiger partial charge in [-0.2, -0.15) is 9.90 Å². The van der Waals surface area contributed by atoms with Crippen molar-refractivity contribution in [3.8, 4) is 11.4 Å². The first kappa shape index (κ1) is 24.4. The summed E-state index contributed by atoms with van der Waals surface area (Å²) in [6.45, 7) is 3.53. The molecule has 0 saturated carbocycles. The molecule has 1 aliphatic rings. The average molecular weight is 505 g/mol. The van der Waals surface area contributed by atoms with Crippen LogP contribution in [0.25, 0.3) is 16.9 Å². The molecule has 0 bridgehead atoms. The van der Waals surface area contributed by atoms with Crippen molar-refractivity contribution >= 4 is 23.2 Å². The molecular weight excluding hydrogens is 476 g/mol. The van der Waals surface area contributed by atoms with Crippen LogP contribution in [0, 0.1) is 6.92 Å². The molecule has 0 radical (unpaired) electrons. The van der Waals surface area contributed by atoms with Gasteiger partial charge in [0.2, 0.25) is 5.82 Å². The number of methoxy groups -OCH3 is 2. The standard InChI is InChI=1S/C25H28N8O4/c1-16-6-7-18(23-28-30-33(29-23)19-14-31(15-19)25(35)37-3)12-21(16)27-24(34)20-13-26-32-9-8-17(11-22(20)32)5-4-10-36-2/h6-9,11-13,19H,4-5,10,14-15H2,1-3H3,(H,27,34). The molecule has 4 aromatic rings. The minimum atomic E-state index is -0.371. The Morgan fingerprint density at radius 1 is 1.16 bits per heavy atom. The van der Waals surface area contributed by atoms with E-state index in [9.17, 15) is 9.59 Å². The van der Waals surface area contributed by atoms with Gasteiger partial charge in [-0.25, -0.2) is 9.31 Å². The lowest BCUT2D eigenvalue weighted by Crippen LogP contribution is -2.51. The highest BCUT2D eigenvalue weighted by atomic mass is 16.5. The van der Waals surface area contributed by atoms with Gasteiger partial charge in [0.25, 0.3) is 5.91 Å². The Morgan fingerprint density at radius 2 is 2.00 bits per heavy atom. The van der Waals surface area contributed by atoms with E-state index in [2.05, 4.69) is 25.8 Å². The number of hydrogen-bond acceptors (Lipinski definition) is 8. The highest BCUT2D eigenvalue weighted by molar-refractivity contribution is 6.09. The van der Waals surface area contributed by atoms with E-state index in [1.54, 1.807) is 22.7 Å². The number of amides is 2. The summed E-state index contributed by atoms with van der Waals surface area (Å²) in [4.78, 5) is 27.9. The van der Waals surface area contributed by atoms with Gasteiger partial charge in [0.15, 0.2) is 0 Å². The molecule has 0 unspecified atom stereocenters. The number of likely N-dealkylation sites (tertiary alicyclic amines) is 1. The number of fused-ring (bicyclic) bond motifs is 1. The Bertz CT molecular complexity index is 1440. The molecule has 0 aliphatic carbocycles. The van der Waals surface area contributed by atoms with Crippen molar-refractivity contribution in [2.24, 2.45) is 0 Å². The van der Waals surface area contributed by atoms with E-state index in [0.29, 0.717) is 36.8 Å². The quantitative estimate of drug-likeness (QED) is 0.363. The molecule has 0 atom stereocenters. The van der Waals surface area contributed by atoms with Crippen molar-refractivity contribution in [2.75, 3.05) is 39.2 Å². The zero-order chi connectivity index (χ0) is 25.9. The molecule has 4 heterocycles. The number of nitrogens with zero attached hydrogens (tertiary/aromatic N) is 7. The third-order valence-electron chi connectivity index (χ3n) is 6.44. The molecule has 3 aromatic heterocycles. The molecule has 12 heteroatoms. The Hall–Kier alpha value is -4.32. The molecule has 1 saturated heterocycles. The smallest absolute Gasteiger partial charge is 0.409 e. The fourth-order valence-corrected chi connectivity index (χ4v) is 4.24. The van der Waals surface area contributed by atoms with Crippen molar-refractivity contribution < 1.29 is 19.1 Å². The topological polar surface area (TPSA) is 129 Å². The van der Waals surface area contributed by atoms with Gasteiger partial charge >= 0.3 is 6.09 Å². The van der Waals surface area contributed by atoms with Gasteiger partial charge in [0.1, 0.15) is 6.04 Å². The summed E-state index contributed by atoms with van der Waals surface area (Å²) in [7, 11) is 3.04. The number of rotatable bonds is 8. The number of anilines is 1. The van der Waals surface area contributed by atoms with Crippen LogP contribution in [0.2, 0.25) is 0 Å². The lowest BCUT2D eigenvalue weighted by molar-refractivity contribution is 0.0621. The van der Waals surface area contributed by atoms with Crippen LogP contribution in [-0.2, 0) is 15.9 Å². The van der Waals surface area contributed by atoms with Crippen LogP contribution >= 0.6 is 0 Å². The van der Waals surface area contributed by atoms with E-state index in [-0.39, 0.29) is 18.0 Å². The van der Waals surface area contributed by atoms with Gasteiger partial charge < -0.3 is 19.7 Å². The van der Waals surface area contributed by atoms with Gasteiger partial charge in [-0.15, -0.1) is 10.2 Å². The van der Waals surface area contributed by atoms with Crippen LogP contribution in [0.3, 0.4) is 0 Å². The van der Waals surface area contributed by atoms with Crippen molar-refractivity contribution in [1.82, 2.24) is 34.7 Å². The fourth-order valence-electron chi connectivity index (χ4n) is 4.24. The van der Waals surface area contributed by atoms with Crippen molar-refractivity contribution in [1.29, 1.82) is 0 Å². The predicted molar refractivity (Wildman–Crippen MR) is 134 cm³/mol. The van der Waals surface area contributed by atoms with E-state index in [1.165, 1.54) is 11.9 Å². The number of ether oxygens (including phenoxy) is 2. The first-order chi connectivity index (χ1) is 18.0. The number of aromatic nitrogens is 6. The van der Waals surface area contributed by atoms with Gasteiger partial charge in [0, 0.05) is 31.2 Å². The molecule has 12 nitrogen and oxygen atoms in total. The minimum Gasteiger partial charge on any atom is -0.453 e. The van der Waals surface area contributed by atoms with Crippen LogP contribution in [0.15, 0.2) is 42.7 Å². The molecule has 0 spiro atoms. The van der Waals surface area contributed by atoms with Gasteiger partial charge in [0.05, 0.1) is 37.5 Å². The van der Waals surface area contributed by atoms with E-state index >= 15 is 0 Å². The van der Waals surface area contributed by atoms with E-state index in [0.717, 1.165) is 35.0 Å². The monoisotopic (exact) mass is 504 g/mol. The molecule has 37 heavy (non-hydrogen) atoms. The lowest BCUT2D eigenvalue weighted by Gasteiger charge is -2.36. The number of tetrazole rings is 1. The number of hydrogen-bond donors (Lipinski definition) is 1. The van der Waals surface area contributed by atoms with Gasteiger partial charge in [-0.05, 0) is 54.3 Å². The third kappa shape index (κ3) is 5.00. The van der Waals surface area contributed by atoms with Crippen molar-refractivity contribution in [2.45, 2.75) is 25.8 Å². The van der Waals surface area contributed by atoms with E-state index in [4.69, 9.17) is 9.47 Å². The number of benzene rings is 1. The van der Waals surface area contributed by atoms with Gasteiger partial charge in [-0.1, -0.05) is 12.1 Å². The van der Waals surface area contributed by atoms with Crippen LogP contribution in [0.5, 0.6) is 0 Å². The second-order valence-corrected chi connectivity index (χ2v) is 8.97. The van der Waals surface area contributed by atoms with Crippen molar-refractivity contribution in [3.63, 3.8) is 0 Å². The fraction of sp³-hybridized carbons (Fsp3) is 0.360. The molecule has 1 fully saturated rings. The molecule has 192 valence electrons. The molecule has 2 amide bonds. The molecular formula is C25H28N8O4. The molecule has 5 rings (SSSR count). The zero-order valence-corrected chi connectivity index (χ0v) is 20.9. The van der Waals surface area contributed by atoms with Crippen LogP contribution in [0.1, 0.15) is 33.9 Å². The number of pyridine rings is 1. The summed E-state index contributed by atoms with van der Waals surface area (Å²) in [5.41, 5.74) is 4.61. The lowest BCUT2D eigenvalue weighted by atomic mass is 10.1. The highest BCUT2D eigenvalue weighted by Gasteiger charge is 2.34. The summed E-state index contributed by atoms with van der Waals surface area (Å²) >= 11 is 0. The number of aryl methyl sites for hydroxylation is 2. The summed E-state index contributed by atoms with van der Waals surface area (Å²) in [5.74, 6) is 0.182. The maximum atomic E-state index is 13.2. The zero-order valence-electron chi connectivity index (χ0n) is 20.9. The Balaban J connectivity index is 1.31. The summed E-state index contributed by atoms with van der Waals surface area (Å²) in [6, 6.07) is 9.55. The van der Waals surface area contributed by atoms with Gasteiger partial charge in [-0.3, -0.25) is 4.79 Å². The van der Waals surface area contributed by atoms with Crippen LogP contribution in [-0.4, -0.2) is 80.6 Å².